The third-order valence-electron chi connectivity index (χ3n) is 2.87. The van der Waals surface area contributed by atoms with Gasteiger partial charge in [-0.2, -0.15) is 0 Å². The molecule has 0 aliphatic heterocycles. The summed E-state index contributed by atoms with van der Waals surface area (Å²) in [5.74, 6) is 1.24. The number of rotatable bonds is 6. The zero-order valence-corrected chi connectivity index (χ0v) is 10.7. The Kier molecular flexibility index (Phi) is 6.10. The van der Waals surface area contributed by atoms with Crippen molar-refractivity contribution in [2.24, 2.45) is 11.8 Å². The van der Waals surface area contributed by atoms with Crippen molar-refractivity contribution in [3.8, 4) is 0 Å². The second-order valence-corrected chi connectivity index (χ2v) is 4.91. The Balaban J connectivity index is 4.46. The van der Waals surface area contributed by atoms with Gasteiger partial charge in [0.15, 0.2) is 0 Å². The van der Waals surface area contributed by atoms with Crippen LogP contribution in [0.15, 0.2) is 12.2 Å². The molecule has 0 aromatic heterocycles. The van der Waals surface area contributed by atoms with Gasteiger partial charge >= 0.3 is 0 Å². The zero-order chi connectivity index (χ0) is 11.3. The van der Waals surface area contributed by atoms with E-state index in [0.29, 0.717) is 23.9 Å². The molecule has 0 heterocycles. The molecule has 0 aliphatic rings. The fraction of sp³-hybridized carbons (Fsp3) is 0.846. The molecular formula is C13H27N. The Morgan fingerprint density at radius 2 is 1.64 bits per heavy atom. The summed E-state index contributed by atoms with van der Waals surface area (Å²) in [6.45, 7) is 17.6. The van der Waals surface area contributed by atoms with Crippen molar-refractivity contribution in [2.45, 2.75) is 60.0 Å². The van der Waals surface area contributed by atoms with E-state index in [4.69, 9.17) is 0 Å². The molecule has 0 radical (unpaired) electrons. The minimum Gasteiger partial charge on any atom is -0.308 e. The first-order valence-electron chi connectivity index (χ1n) is 5.84. The van der Waals surface area contributed by atoms with Crippen LogP contribution < -0.4 is 5.32 Å². The highest BCUT2D eigenvalue weighted by atomic mass is 14.9. The van der Waals surface area contributed by atoms with Crippen LogP contribution in [0.4, 0.5) is 0 Å². The normalized spacial score (nSPS) is 16.0. The predicted molar refractivity (Wildman–Crippen MR) is 65.5 cm³/mol. The van der Waals surface area contributed by atoms with E-state index in [9.17, 15) is 0 Å². The third kappa shape index (κ3) is 4.28. The average Bonchev–Trinajstić information content (AvgIpc) is 2.11. The van der Waals surface area contributed by atoms with Crippen LogP contribution in [0.25, 0.3) is 0 Å². The molecule has 1 N–H and O–H groups in total. The van der Waals surface area contributed by atoms with Gasteiger partial charge in [0.25, 0.3) is 0 Å². The quantitative estimate of drug-likeness (QED) is 0.641. The molecule has 0 fully saturated rings. The molecule has 0 aromatic rings. The molecule has 0 aliphatic carbocycles. The average molecular weight is 197 g/mol. The monoisotopic (exact) mass is 197 g/mol. The molecule has 0 saturated carbocycles. The van der Waals surface area contributed by atoms with E-state index in [2.05, 4.69) is 53.4 Å². The Morgan fingerprint density at radius 1 is 1.14 bits per heavy atom. The van der Waals surface area contributed by atoms with E-state index in [-0.39, 0.29) is 0 Å². The van der Waals surface area contributed by atoms with E-state index >= 15 is 0 Å². The highest BCUT2D eigenvalue weighted by Crippen LogP contribution is 2.21. The lowest BCUT2D eigenvalue weighted by atomic mass is 9.87. The summed E-state index contributed by atoms with van der Waals surface area (Å²) >= 11 is 0. The summed E-state index contributed by atoms with van der Waals surface area (Å²) in [5.41, 5.74) is 1.34. The Labute approximate surface area is 90.0 Å². The van der Waals surface area contributed by atoms with Gasteiger partial charge < -0.3 is 5.32 Å². The van der Waals surface area contributed by atoms with Crippen LogP contribution in [0, 0.1) is 11.8 Å². The Hall–Kier alpha value is -0.300. The maximum Gasteiger partial charge on any atom is 0.0307 e. The third-order valence-corrected chi connectivity index (χ3v) is 2.87. The van der Waals surface area contributed by atoms with Crippen LogP contribution >= 0.6 is 0 Å². The molecule has 0 spiro atoms. The smallest absolute Gasteiger partial charge is 0.0307 e. The van der Waals surface area contributed by atoms with Crippen molar-refractivity contribution in [3.63, 3.8) is 0 Å². The van der Waals surface area contributed by atoms with Crippen LogP contribution in [-0.4, -0.2) is 12.1 Å². The summed E-state index contributed by atoms with van der Waals surface area (Å²) in [4.78, 5) is 0. The molecule has 0 aromatic carbocycles. The van der Waals surface area contributed by atoms with Crippen molar-refractivity contribution in [1.29, 1.82) is 0 Å². The maximum absolute atomic E-state index is 4.21. The first-order chi connectivity index (χ1) is 6.40. The molecule has 1 nitrogen and oxygen atoms in total. The van der Waals surface area contributed by atoms with E-state index in [1.807, 2.05) is 0 Å². The maximum atomic E-state index is 4.21. The van der Waals surface area contributed by atoms with E-state index < -0.39 is 0 Å². The van der Waals surface area contributed by atoms with Crippen LogP contribution in [0.3, 0.4) is 0 Å². The lowest BCUT2D eigenvalue weighted by molar-refractivity contribution is 0.364. The molecular weight excluding hydrogens is 170 g/mol. The highest BCUT2D eigenvalue weighted by Gasteiger charge is 2.20. The SMILES string of the molecule is C=C(C(C)C)C(NC(C)C)C(C)CC. The lowest BCUT2D eigenvalue weighted by Crippen LogP contribution is -2.41. The Bertz CT molecular complexity index is 170. The number of hydrogen-bond donors (Lipinski definition) is 1. The van der Waals surface area contributed by atoms with Gasteiger partial charge in [0.1, 0.15) is 0 Å². The fourth-order valence-electron chi connectivity index (χ4n) is 1.59. The van der Waals surface area contributed by atoms with Gasteiger partial charge in [0.2, 0.25) is 0 Å². The molecule has 0 saturated heterocycles. The van der Waals surface area contributed by atoms with Crippen molar-refractivity contribution in [1.82, 2.24) is 5.32 Å². The summed E-state index contributed by atoms with van der Waals surface area (Å²) in [5, 5.41) is 3.61. The summed E-state index contributed by atoms with van der Waals surface area (Å²) in [6.07, 6.45) is 1.20. The van der Waals surface area contributed by atoms with Gasteiger partial charge in [-0.15, -0.1) is 0 Å². The minimum absolute atomic E-state index is 0.472. The first kappa shape index (κ1) is 13.7. The van der Waals surface area contributed by atoms with Crippen molar-refractivity contribution < 1.29 is 0 Å². The van der Waals surface area contributed by atoms with Gasteiger partial charge in [-0.25, -0.2) is 0 Å². The molecule has 1 heteroatoms. The second-order valence-electron chi connectivity index (χ2n) is 4.91. The van der Waals surface area contributed by atoms with Crippen molar-refractivity contribution in [3.05, 3.63) is 12.2 Å². The topological polar surface area (TPSA) is 12.0 Å². The van der Waals surface area contributed by atoms with Gasteiger partial charge in [-0.3, -0.25) is 0 Å². The number of nitrogens with one attached hydrogen (secondary N) is 1. The van der Waals surface area contributed by atoms with Gasteiger partial charge in [0.05, 0.1) is 0 Å². The summed E-state index contributed by atoms with van der Waals surface area (Å²) in [6, 6.07) is 1.00. The van der Waals surface area contributed by atoms with Crippen LogP contribution in [0.2, 0.25) is 0 Å². The largest absolute Gasteiger partial charge is 0.308 e. The van der Waals surface area contributed by atoms with E-state index in [1.54, 1.807) is 0 Å². The van der Waals surface area contributed by atoms with E-state index in [1.165, 1.54) is 12.0 Å². The molecule has 84 valence electrons. The van der Waals surface area contributed by atoms with Gasteiger partial charge in [-0.1, -0.05) is 60.1 Å². The van der Waals surface area contributed by atoms with Crippen LogP contribution in [0.1, 0.15) is 48.0 Å². The number of hydrogen-bond acceptors (Lipinski definition) is 1. The summed E-state index contributed by atoms with van der Waals surface area (Å²) in [7, 11) is 0. The molecule has 2 unspecified atom stereocenters. The Morgan fingerprint density at radius 3 is 1.93 bits per heavy atom. The molecule has 2 atom stereocenters. The highest BCUT2D eigenvalue weighted by molar-refractivity contribution is 5.10. The standard InChI is InChI=1S/C13H27N/c1-8-11(6)13(14-10(4)5)12(7)9(2)3/h9-11,13-14H,7-8H2,1-6H3. The minimum atomic E-state index is 0.472. The lowest BCUT2D eigenvalue weighted by Gasteiger charge is -2.30. The molecule has 0 rings (SSSR count). The van der Waals surface area contributed by atoms with Crippen LogP contribution in [-0.2, 0) is 0 Å². The molecule has 0 bridgehead atoms. The van der Waals surface area contributed by atoms with Gasteiger partial charge in [0, 0.05) is 12.1 Å². The second kappa shape index (κ2) is 6.23. The van der Waals surface area contributed by atoms with Crippen LogP contribution in [0.5, 0.6) is 0 Å². The molecule has 14 heavy (non-hydrogen) atoms. The van der Waals surface area contributed by atoms with Crippen molar-refractivity contribution in [2.75, 3.05) is 0 Å². The zero-order valence-electron chi connectivity index (χ0n) is 10.7. The van der Waals surface area contributed by atoms with Gasteiger partial charge in [-0.05, 0) is 11.8 Å². The van der Waals surface area contributed by atoms with Crippen molar-refractivity contribution >= 4 is 0 Å². The first-order valence-corrected chi connectivity index (χ1v) is 5.84. The molecule has 0 amide bonds. The predicted octanol–water partition coefficient (Wildman–Crippen LogP) is 3.61. The fourth-order valence-corrected chi connectivity index (χ4v) is 1.59. The summed E-state index contributed by atoms with van der Waals surface area (Å²) < 4.78 is 0. The van der Waals surface area contributed by atoms with E-state index in [0.717, 1.165) is 0 Å².